The average molecular weight is 264 g/mol. The molecule has 0 amide bonds. The van der Waals surface area contributed by atoms with E-state index in [0.29, 0.717) is 12.6 Å². The van der Waals surface area contributed by atoms with Gasteiger partial charge < -0.3 is 10.1 Å². The Hall–Kier alpha value is -1.00. The minimum absolute atomic E-state index is 0.482. The Labute approximate surface area is 113 Å². The molecule has 3 nitrogen and oxygen atoms in total. The van der Waals surface area contributed by atoms with Crippen molar-refractivity contribution in [3.8, 4) is 0 Å². The number of nitrogens with zero attached hydrogens (tertiary/aromatic N) is 1. The second-order valence-corrected chi connectivity index (χ2v) is 5.48. The highest BCUT2D eigenvalue weighted by atomic mass is 32.2. The molecule has 1 aromatic rings. The lowest BCUT2D eigenvalue weighted by molar-refractivity contribution is 0.185. The molecule has 0 saturated carbocycles. The first-order valence-corrected chi connectivity index (χ1v) is 7.36. The molecule has 0 saturated heterocycles. The van der Waals surface area contributed by atoms with E-state index in [1.54, 1.807) is 18.9 Å². The summed E-state index contributed by atoms with van der Waals surface area (Å²) in [7, 11) is 1.72. The maximum atomic E-state index is 5.14. The van der Waals surface area contributed by atoms with Crippen LogP contribution in [0.15, 0.2) is 29.3 Å². The van der Waals surface area contributed by atoms with Gasteiger partial charge in [-0.15, -0.1) is 0 Å². The monoisotopic (exact) mass is 264 g/mol. The Morgan fingerprint density at radius 2 is 2.39 bits per heavy atom. The van der Waals surface area contributed by atoms with E-state index < -0.39 is 0 Å². The van der Waals surface area contributed by atoms with Gasteiger partial charge in [-0.05, 0) is 30.5 Å². The SMILES string of the molecule is CCC1CCSC(Nc2cccc(COC)c2)=N1. The molecular weight excluding hydrogens is 244 g/mol. The third-order valence-electron chi connectivity index (χ3n) is 2.95. The van der Waals surface area contributed by atoms with Gasteiger partial charge in [0.1, 0.15) is 0 Å². The molecule has 0 spiro atoms. The normalized spacial score (nSPS) is 19.4. The van der Waals surface area contributed by atoms with Gasteiger partial charge in [0.25, 0.3) is 0 Å². The van der Waals surface area contributed by atoms with Crippen molar-refractivity contribution in [1.82, 2.24) is 0 Å². The number of hydrogen-bond donors (Lipinski definition) is 1. The summed E-state index contributed by atoms with van der Waals surface area (Å²) in [6.45, 7) is 2.84. The fourth-order valence-electron chi connectivity index (χ4n) is 1.95. The Morgan fingerprint density at radius 3 is 3.17 bits per heavy atom. The van der Waals surface area contributed by atoms with E-state index in [0.717, 1.165) is 23.0 Å². The quantitative estimate of drug-likeness (QED) is 0.903. The van der Waals surface area contributed by atoms with Gasteiger partial charge in [-0.3, -0.25) is 4.99 Å². The zero-order valence-corrected chi connectivity index (χ0v) is 11.8. The Kier molecular flexibility index (Phi) is 5.08. The largest absolute Gasteiger partial charge is 0.380 e. The maximum absolute atomic E-state index is 5.14. The summed E-state index contributed by atoms with van der Waals surface area (Å²) in [5.74, 6) is 1.15. The molecule has 1 heterocycles. The number of thioether (sulfide) groups is 1. The average Bonchev–Trinajstić information content (AvgIpc) is 2.40. The van der Waals surface area contributed by atoms with E-state index in [-0.39, 0.29) is 0 Å². The second-order valence-electron chi connectivity index (χ2n) is 4.39. The van der Waals surface area contributed by atoms with Crippen molar-refractivity contribution in [2.45, 2.75) is 32.4 Å². The first-order chi connectivity index (χ1) is 8.81. The predicted octanol–water partition coefficient (Wildman–Crippen LogP) is 3.52. The van der Waals surface area contributed by atoms with Crippen LogP contribution in [0, 0.1) is 0 Å². The maximum Gasteiger partial charge on any atom is 0.161 e. The lowest BCUT2D eigenvalue weighted by Gasteiger charge is -2.19. The standard InChI is InChI=1S/C14H20N2OS/c1-3-12-7-8-18-14(15-12)16-13-6-4-5-11(9-13)10-17-2/h4-6,9,12H,3,7-8,10H2,1-2H3,(H,15,16). The fraction of sp³-hybridized carbons (Fsp3) is 0.500. The molecule has 0 aromatic heterocycles. The summed E-state index contributed by atoms with van der Waals surface area (Å²) >= 11 is 1.80. The summed E-state index contributed by atoms with van der Waals surface area (Å²) in [6, 6.07) is 8.78. The molecule has 4 heteroatoms. The van der Waals surface area contributed by atoms with Crippen LogP contribution in [-0.4, -0.2) is 24.1 Å². The number of methoxy groups -OCH3 is 1. The minimum atomic E-state index is 0.482. The summed E-state index contributed by atoms with van der Waals surface area (Å²) in [5.41, 5.74) is 2.27. The van der Waals surface area contributed by atoms with Crippen LogP contribution in [0.2, 0.25) is 0 Å². The highest BCUT2D eigenvalue weighted by molar-refractivity contribution is 8.14. The predicted molar refractivity (Wildman–Crippen MR) is 79.4 cm³/mol. The van der Waals surface area contributed by atoms with Crippen molar-refractivity contribution >= 4 is 22.6 Å². The number of ether oxygens (including phenoxy) is 1. The summed E-state index contributed by atoms with van der Waals surface area (Å²) in [5, 5.41) is 4.45. The zero-order valence-electron chi connectivity index (χ0n) is 11.0. The Balaban J connectivity index is 2.04. The summed E-state index contributed by atoms with van der Waals surface area (Å²) in [6.07, 6.45) is 2.31. The molecule has 0 bridgehead atoms. The topological polar surface area (TPSA) is 33.6 Å². The molecule has 1 N–H and O–H groups in total. The molecule has 1 aromatic carbocycles. The molecular formula is C14H20N2OS. The number of rotatable bonds is 4. The van der Waals surface area contributed by atoms with Crippen molar-refractivity contribution in [3.63, 3.8) is 0 Å². The molecule has 1 atom stereocenters. The highest BCUT2D eigenvalue weighted by Crippen LogP contribution is 2.21. The molecule has 1 unspecified atom stereocenters. The van der Waals surface area contributed by atoms with E-state index >= 15 is 0 Å². The van der Waals surface area contributed by atoms with Crippen molar-refractivity contribution in [2.75, 3.05) is 18.2 Å². The lowest BCUT2D eigenvalue weighted by Crippen LogP contribution is -2.19. The second kappa shape index (κ2) is 6.81. The van der Waals surface area contributed by atoms with Gasteiger partial charge in [-0.1, -0.05) is 30.8 Å². The highest BCUT2D eigenvalue weighted by Gasteiger charge is 2.13. The first kappa shape index (κ1) is 13.4. The van der Waals surface area contributed by atoms with Crippen LogP contribution >= 0.6 is 11.8 Å². The van der Waals surface area contributed by atoms with Gasteiger partial charge in [0.2, 0.25) is 0 Å². The molecule has 18 heavy (non-hydrogen) atoms. The molecule has 0 fully saturated rings. The van der Waals surface area contributed by atoms with Crippen LogP contribution in [0.4, 0.5) is 5.69 Å². The zero-order chi connectivity index (χ0) is 12.8. The smallest absolute Gasteiger partial charge is 0.161 e. The van der Waals surface area contributed by atoms with E-state index in [9.17, 15) is 0 Å². The number of aliphatic imine (C=N–C) groups is 1. The van der Waals surface area contributed by atoms with Crippen molar-refractivity contribution < 1.29 is 4.74 Å². The minimum Gasteiger partial charge on any atom is -0.380 e. The first-order valence-electron chi connectivity index (χ1n) is 6.37. The van der Waals surface area contributed by atoms with E-state index in [1.807, 2.05) is 6.07 Å². The number of benzene rings is 1. The van der Waals surface area contributed by atoms with Crippen molar-refractivity contribution in [3.05, 3.63) is 29.8 Å². The van der Waals surface area contributed by atoms with Gasteiger partial charge >= 0.3 is 0 Å². The van der Waals surface area contributed by atoms with Crippen molar-refractivity contribution in [2.24, 2.45) is 4.99 Å². The number of hydrogen-bond acceptors (Lipinski definition) is 4. The lowest BCUT2D eigenvalue weighted by atomic mass is 10.2. The molecule has 0 radical (unpaired) electrons. The van der Waals surface area contributed by atoms with Gasteiger partial charge in [0, 0.05) is 18.6 Å². The van der Waals surface area contributed by atoms with Crippen LogP contribution in [0.5, 0.6) is 0 Å². The summed E-state index contributed by atoms with van der Waals surface area (Å²) in [4.78, 5) is 4.71. The molecule has 2 rings (SSSR count). The molecule has 1 aliphatic rings. The Bertz CT molecular complexity index is 420. The molecule has 98 valence electrons. The number of anilines is 1. The van der Waals surface area contributed by atoms with Crippen LogP contribution in [-0.2, 0) is 11.3 Å². The molecule has 1 aliphatic heterocycles. The van der Waals surface area contributed by atoms with Gasteiger partial charge in [0.15, 0.2) is 5.17 Å². The number of amidine groups is 1. The van der Waals surface area contributed by atoms with Crippen LogP contribution in [0.25, 0.3) is 0 Å². The summed E-state index contributed by atoms with van der Waals surface area (Å²) < 4.78 is 5.14. The van der Waals surface area contributed by atoms with E-state index in [4.69, 9.17) is 9.73 Å². The van der Waals surface area contributed by atoms with Crippen LogP contribution < -0.4 is 5.32 Å². The van der Waals surface area contributed by atoms with Crippen LogP contribution in [0.1, 0.15) is 25.3 Å². The van der Waals surface area contributed by atoms with Gasteiger partial charge in [-0.25, -0.2) is 0 Å². The number of nitrogens with one attached hydrogen (secondary N) is 1. The van der Waals surface area contributed by atoms with Crippen molar-refractivity contribution in [1.29, 1.82) is 0 Å². The third-order valence-corrected chi connectivity index (χ3v) is 3.87. The molecule has 0 aliphatic carbocycles. The van der Waals surface area contributed by atoms with E-state index in [1.165, 1.54) is 12.0 Å². The Morgan fingerprint density at radius 1 is 1.50 bits per heavy atom. The van der Waals surface area contributed by atoms with Gasteiger partial charge in [-0.2, -0.15) is 0 Å². The fourth-order valence-corrected chi connectivity index (χ4v) is 2.95. The van der Waals surface area contributed by atoms with Gasteiger partial charge in [0.05, 0.1) is 12.6 Å². The van der Waals surface area contributed by atoms with E-state index in [2.05, 4.69) is 30.4 Å². The third kappa shape index (κ3) is 3.75. The van der Waals surface area contributed by atoms with Crippen LogP contribution in [0.3, 0.4) is 0 Å².